The van der Waals surface area contributed by atoms with Crippen LogP contribution >= 0.6 is 0 Å². The van der Waals surface area contributed by atoms with Gasteiger partial charge >= 0.3 is 0 Å². The van der Waals surface area contributed by atoms with E-state index in [2.05, 4.69) is 187 Å². The van der Waals surface area contributed by atoms with Gasteiger partial charge in [-0.3, -0.25) is 0 Å². The van der Waals surface area contributed by atoms with E-state index in [0.717, 1.165) is 50.5 Å². The first kappa shape index (κ1) is 27.9. The lowest BCUT2D eigenvalue weighted by atomic mass is 9.98. The van der Waals surface area contributed by atoms with Gasteiger partial charge in [-0.1, -0.05) is 146 Å². The lowest BCUT2D eigenvalue weighted by Gasteiger charge is -2.26. The van der Waals surface area contributed by atoms with Crippen molar-refractivity contribution in [2.24, 2.45) is 0 Å². The van der Waals surface area contributed by atoms with Crippen molar-refractivity contribution >= 4 is 49.6 Å². The molecule has 0 bridgehead atoms. The van der Waals surface area contributed by atoms with Crippen LogP contribution in [0.1, 0.15) is 0 Å². The van der Waals surface area contributed by atoms with Crippen LogP contribution in [0, 0.1) is 0 Å². The summed E-state index contributed by atoms with van der Waals surface area (Å²) in [6.45, 7) is 0. The zero-order valence-corrected chi connectivity index (χ0v) is 26.3. The Balaban J connectivity index is 1.22. The third kappa shape index (κ3) is 4.92. The van der Waals surface area contributed by atoms with Crippen LogP contribution in [0.25, 0.3) is 66.1 Å². The fraction of sp³-hybridized carbons (Fsp3) is 0. The Labute approximate surface area is 279 Å². The van der Waals surface area contributed by atoms with E-state index in [9.17, 15) is 0 Å². The van der Waals surface area contributed by atoms with Crippen molar-refractivity contribution in [2.75, 3.05) is 4.90 Å². The molecule has 2 heteroatoms. The SMILES string of the molecule is c1ccc(-c2ccc(N(c3cccc(-c4oc5ccccc5c4-c4ccccc4)c3)c3ccc4c(ccc5ccccc54)c3)cc2)cc1. The summed E-state index contributed by atoms with van der Waals surface area (Å²) in [6, 6.07) is 66.8. The predicted molar refractivity (Wildman–Crippen MR) is 202 cm³/mol. The normalized spacial score (nSPS) is 11.3. The highest BCUT2D eigenvalue weighted by Gasteiger charge is 2.20. The molecule has 0 fully saturated rings. The van der Waals surface area contributed by atoms with E-state index in [-0.39, 0.29) is 0 Å². The highest BCUT2D eigenvalue weighted by Crippen LogP contribution is 2.44. The van der Waals surface area contributed by atoms with Crippen molar-refractivity contribution in [1.82, 2.24) is 0 Å². The summed E-state index contributed by atoms with van der Waals surface area (Å²) in [5, 5.41) is 6.08. The molecule has 0 saturated carbocycles. The molecule has 48 heavy (non-hydrogen) atoms. The molecule has 0 unspecified atom stereocenters. The number of hydrogen-bond donors (Lipinski definition) is 0. The van der Waals surface area contributed by atoms with Crippen LogP contribution in [0.5, 0.6) is 0 Å². The van der Waals surface area contributed by atoms with Crippen molar-refractivity contribution in [3.8, 4) is 33.6 Å². The van der Waals surface area contributed by atoms with E-state index < -0.39 is 0 Å². The number of rotatable bonds is 6. The summed E-state index contributed by atoms with van der Waals surface area (Å²) in [7, 11) is 0. The molecule has 0 radical (unpaired) electrons. The number of furan rings is 1. The summed E-state index contributed by atoms with van der Waals surface area (Å²) in [6.07, 6.45) is 0. The monoisotopic (exact) mass is 613 g/mol. The molecule has 0 amide bonds. The quantitative estimate of drug-likeness (QED) is 0.174. The lowest BCUT2D eigenvalue weighted by Crippen LogP contribution is -2.10. The Morgan fingerprint density at radius 3 is 1.73 bits per heavy atom. The maximum Gasteiger partial charge on any atom is 0.143 e. The third-order valence-corrected chi connectivity index (χ3v) is 9.24. The average Bonchev–Trinajstić information content (AvgIpc) is 3.56. The van der Waals surface area contributed by atoms with Gasteiger partial charge in [0.2, 0.25) is 0 Å². The van der Waals surface area contributed by atoms with E-state index in [4.69, 9.17) is 4.42 Å². The van der Waals surface area contributed by atoms with Crippen molar-refractivity contribution in [3.05, 3.63) is 188 Å². The number of hydrogen-bond acceptors (Lipinski definition) is 2. The predicted octanol–water partition coefficient (Wildman–Crippen LogP) is 13.2. The molecular weight excluding hydrogens is 583 g/mol. The summed E-state index contributed by atoms with van der Waals surface area (Å²) in [5.41, 5.74) is 9.78. The first-order chi connectivity index (χ1) is 23.8. The molecule has 1 aromatic heterocycles. The van der Waals surface area contributed by atoms with Gasteiger partial charge in [0.1, 0.15) is 11.3 Å². The third-order valence-electron chi connectivity index (χ3n) is 9.24. The van der Waals surface area contributed by atoms with Crippen LogP contribution in [0.15, 0.2) is 192 Å². The van der Waals surface area contributed by atoms with Crippen molar-refractivity contribution in [2.45, 2.75) is 0 Å². The average molecular weight is 614 g/mol. The molecule has 0 N–H and O–H groups in total. The number of fused-ring (bicyclic) bond motifs is 4. The minimum atomic E-state index is 0.869. The molecule has 0 spiro atoms. The maximum absolute atomic E-state index is 6.63. The number of para-hydroxylation sites is 1. The minimum Gasteiger partial charge on any atom is -0.455 e. The highest BCUT2D eigenvalue weighted by molar-refractivity contribution is 6.08. The van der Waals surface area contributed by atoms with Crippen LogP contribution in [0.2, 0.25) is 0 Å². The Bertz CT molecular complexity index is 2550. The number of anilines is 3. The van der Waals surface area contributed by atoms with Crippen molar-refractivity contribution in [1.29, 1.82) is 0 Å². The Kier molecular flexibility index (Phi) is 6.84. The van der Waals surface area contributed by atoms with Gasteiger partial charge in [-0.15, -0.1) is 0 Å². The molecule has 226 valence electrons. The molecular formula is C46H31NO. The lowest BCUT2D eigenvalue weighted by molar-refractivity contribution is 0.632. The van der Waals surface area contributed by atoms with Crippen molar-refractivity contribution < 1.29 is 4.42 Å². The Morgan fingerprint density at radius 1 is 0.333 bits per heavy atom. The standard InChI is InChI=1S/C46H31NO/c1-3-12-32(13-4-1)33-24-26-38(27-25-33)47(40-28-29-42-36(30-40)23-22-34-14-7-8-19-41(34)42)39-18-11-17-37(31-39)46-45(35-15-5-2-6-16-35)43-20-9-10-21-44(43)48-46/h1-31H. The molecule has 2 nitrogen and oxygen atoms in total. The van der Waals surface area contributed by atoms with Gasteiger partial charge in [0.25, 0.3) is 0 Å². The summed E-state index contributed by atoms with van der Waals surface area (Å²) in [5.74, 6) is 0.869. The first-order valence-corrected chi connectivity index (χ1v) is 16.3. The fourth-order valence-electron chi connectivity index (χ4n) is 6.95. The van der Waals surface area contributed by atoms with E-state index >= 15 is 0 Å². The van der Waals surface area contributed by atoms with E-state index in [1.165, 1.54) is 32.7 Å². The van der Waals surface area contributed by atoms with Gasteiger partial charge in [0.15, 0.2) is 0 Å². The van der Waals surface area contributed by atoms with Crippen LogP contribution < -0.4 is 4.90 Å². The summed E-state index contributed by atoms with van der Waals surface area (Å²) in [4.78, 5) is 2.34. The topological polar surface area (TPSA) is 16.4 Å². The second-order valence-corrected chi connectivity index (χ2v) is 12.2. The molecule has 9 rings (SSSR count). The van der Waals surface area contributed by atoms with Crippen molar-refractivity contribution in [3.63, 3.8) is 0 Å². The number of nitrogens with zero attached hydrogens (tertiary/aromatic N) is 1. The Morgan fingerprint density at radius 2 is 0.917 bits per heavy atom. The minimum absolute atomic E-state index is 0.869. The van der Waals surface area contributed by atoms with Crippen LogP contribution in [-0.4, -0.2) is 0 Å². The largest absolute Gasteiger partial charge is 0.455 e. The smallest absolute Gasteiger partial charge is 0.143 e. The molecule has 9 aromatic rings. The van der Waals surface area contributed by atoms with Crippen LogP contribution in [0.3, 0.4) is 0 Å². The zero-order chi connectivity index (χ0) is 31.9. The Hall–Kier alpha value is -6.38. The number of benzene rings is 8. The fourth-order valence-corrected chi connectivity index (χ4v) is 6.95. The van der Waals surface area contributed by atoms with Gasteiger partial charge in [-0.25, -0.2) is 0 Å². The zero-order valence-electron chi connectivity index (χ0n) is 26.3. The van der Waals surface area contributed by atoms with E-state index in [1.807, 2.05) is 6.07 Å². The van der Waals surface area contributed by atoms with Gasteiger partial charge in [0.05, 0.1) is 0 Å². The second kappa shape index (κ2) is 11.8. The highest BCUT2D eigenvalue weighted by atomic mass is 16.3. The molecule has 0 aliphatic carbocycles. The van der Waals surface area contributed by atoms with E-state index in [0.29, 0.717) is 0 Å². The summed E-state index contributed by atoms with van der Waals surface area (Å²) >= 11 is 0. The second-order valence-electron chi connectivity index (χ2n) is 12.2. The van der Waals surface area contributed by atoms with Crippen LogP contribution in [-0.2, 0) is 0 Å². The van der Waals surface area contributed by atoms with Gasteiger partial charge < -0.3 is 9.32 Å². The van der Waals surface area contributed by atoms with Gasteiger partial charge in [-0.05, 0) is 80.7 Å². The molecule has 0 aliphatic heterocycles. The molecule has 8 aromatic carbocycles. The molecule has 0 aliphatic rings. The molecule has 1 heterocycles. The first-order valence-electron chi connectivity index (χ1n) is 16.3. The van der Waals surface area contributed by atoms with Gasteiger partial charge in [-0.2, -0.15) is 0 Å². The van der Waals surface area contributed by atoms with E-state index in [1.54, 1.807) is 0 Å². The molecule has 0 atom stereocenters. The van der Waals surface area contributed by atoms with Gasteiger partial charge in [0, 0.05) is 33.6 Å². The molecule has 0 saturated heterocycles. The van der Waals surface area contributed by atoms with Crippen LogP contribution in [0.4, 0.5) is 17.1 Å². The maximum atomic E-state index is 6.63. The summed E-state index contributed by atoms with van der Waals surface area (Å²) < 4.78 is 6.63.